The first-order valence-electron chi connectivity index (χ1n) is 9.33. The summed E-state index contributed by atoms with van der Waals surface area (Å²) in [6.45, 7) is 1.59. The van der Waals surface area contributed by atoms with Crippen molar-refractivity contribution in [3.05, 3.63) is 70.8 Å². The van der Waals surface area contributed by atoms with Gasteiger partial charge in [0, 0.05) is 29.4 Å². The molecular formula is C22H22FN5O3. The summed E-state index contributed by atoms with van der Waals surface area (Å²) in [5.74, 6) is -1.26. The number of carbonyl (C=O) groups is 1. The Morgan fingerprint density at radius 3 is 2.42 bits per heavy atom. The molecule has 0 atom stereocenters. The predicted octanol–water partition coefficient (Wildman–Crippen LogP) is 3.75. The van der Waals surface area contributed by atoms with Crippen molar-refractivity contribution in [1.82, 2.24) is 9.78 Å². The Balaban J connectivity index is 2.00. The summed E-state index contributed by atoms with van der Waals surface area (Å²) in [5, 5.41) is 14.4. The zero-order valence-corrected chi connectivity index (χ0v) is 17.6. The SMILES string of the molecule is CO/N=C/c1ccc(-c2ccccc2NC(=O)c2c(C)nn(C)c2F)cc1/C=N/OC. The monoisotopic (exact) mass is 423 g/mol. The second kappa shape index (κ2) is 9.66. The minimum atomic E-state index is -0.688. The first-order valence-corrected chi connectivity index (χ1v) is 9.33. The highest BCUT2D eigenvalue weighted by atomic mass is 19.1. The quantitative estimate of drug-likeness (QED) is 0.463. The van der Waals surface area contributed by atoms with E-state index in [-0.39, 0.29) is 5.56 Å². The number of nitrogens with zero attached hydrogens (tertiary/aromatic N) is 4. The Kier molecular flexibility index (Phi) is 6.76. The second-order valence-corrected chi connectivity index (χ2v) is 6.55. The van der Waals surface area contributed by atoms with Gasteiger partial charge in [0.2, 0.25) is 5.95 Å². The van der Waals surface area contributed by atoms with E-state index < -0.39 is 11.9 Å². The van der Waals surface area contributed by atoms with Crippen LogP contribution in [0.25, 0.3) is 11.1 Å². The second-order valence-electron chi connectivity index (χ2n) is 6.55. The summed E-state index contributed by atoms with van der Waals surface area (Å²) in [6.07, 6.45) is 3.11. The number of hydrogen-bond donors (Lipinski definition) is 1. The van der Waals surface area contributed by atoms with Crippen LogP contribution in [0, 0.1) is 12.9 Å². The van der Waals surface area contributed by atoms with Gasteiger partial charge in [0.15, 0.2) is 0 Å². The van der Waals surface area contributed by atoms with Crippen molar-refractivity contribution in [3.8, 4) is 11.1 Å². The highest BCUT2D eigenvalue weighted by Crippen LogP contribution is 2.30. The molecule has 0 saturated carbocycles. The molecule has 1 aromatic heterocycles. The molecule has 2 aromatic carbocycles. The number of rotatable bonds is 7. The number of carbonyl (C=O) groups excluding carboxylic acids is 1. The van der Waals surface area contributed by atoms with Crippen molar-refractivity contribution < 1.29 is 18.9 Å². The van der Waals surface area contributed by atoms with E-state index in [9.17, 15) is 9.18 Å². The van der Waals surface area contributed by atoms with Gasteiger partial charge in [-0.1, -0.05) is 40.6 Å². The summed E-state index contributed by atoms with van der Waals surface area (Å²) in [6, 6.07) is 12.8. The van der Waals surface area contributed by atoms with E-state index in [4.69, 9.17) is 9.68 Å². The number of anilines is 1. The highest BCUT2D eigenvalue weighted by molar-refractivity contribution is 6.07. The van der Waals surface area contributed by atoms with Gasteiger partial charge >= 0.3 is 0 Å². The van der Waals surface area contributed by atoms with Gasteiger partial charge in [0.25, 0.3) is 5.91 Å². The average Bonchev–Trinajstić information content (AvgIpc) is 3.02. The van der Waals surface area contributed by atoms with Gasteiger partial charge < -0.3 is 15.0 Å². The lowest BCUT2D eigenvalue weighted by molar-refractivity contribution is 0.102. The molecule has 8 nitrogen and oxygen atoms in total. The van der Waals surface area contributed by atoms with E-state index >= 15 is 0 Å². The molecule has 31 heavy (non-hydrogen) atoms. The maximum atomic E-state index is 14.3. The number of para-hydroxylation sites is 1. The van der Waals surface area contributed by atoms with E-state index in [0.717, 1.165) is 26.9 Å². The standard InChI is InChI=1S/C22H22FN5O3/c1-14-20(21(23)28(2)27-14)22(29)26-19-8-6-5-7-18(19)15-9-10-16(12-24-30-3)17(11-15)13-25-31-4/h5-13H,1-4H3,(H,26,29)/b24-12+,25-13+. The summed E-state index contributed by atoms with van der Waals surface area (Å²) in [5.41, 5.74) is 3.82. The smallest absolute Gasteiger partial charge is 0.262 e. The van der Waals surface area contributed by atoms with Crippen LogP contribution in [0.15, 0.2) is 52.8 Å². The maximum Gasteiger partial charge on any atom is 0.262 e. The molecule has 0 aliphatic carbocycles. The molecule has 0 aliphatic heterocycles. The van der Waals surface area contributed by atoms with E-state index in [0.29, 0.717) is 11.4 Å². The number of aryl methyl sites for hydroxylation is 2. The van der Waals surface area contributed by atoms with Crippen molar-refractivity contribution in [2.75, 3.05) is 19.5 Å². The minimum absolute atomic E-state index is 0.0867. The van der Waals surface area contributed by atoms with Crippen LogP contribution < -0.4 is 5.32 Å². The van der Waals surface area contributed by atoms with E-state index in [1.165, 1.54) is 21.3 Å². The fourth-order valence-electron chi connectivity index (χ4n) is 3.11. The molecule has 0 radical (unpaired) electrons. The largest absolute Gasteiger partial charge is 0.399 e. The van der Waals surface area contributed by atoms with Gasteiger partial charge in [-0.05, 0) is 24.6 Å². The van der Waals surface area contributed by atoms with Gasteiger partial charge in [-0.25, -0.2) is 4.68 Å². The zero-order chi connectivity index (χ0) is 22.4. The molecule has 0 bridgehead atoms. The highest BCUT2D eigenvalue weighted by Gasteiger charge is 2.21. The van der Waals surface area contributed by atoms with Crippen molar-refractivity contribution >= 4 is 24.0 Å². The van der Waals surface area contributed by atoms with Crippen LogP contribution >= 0.6 is 0 Å². The molecule has 0 spiro atoms. The van der Waals surface area contributed by atoms with Crippen LogP contribution in [0.5, 0.6) is 0 Å². The number of hydrogen-bond acceptors (Lipinski definition) is 6. The zero-order valence-electron chi connectivity index (χ0n) is 17.6. The van der Waals surface area contributed by atoms with Crippen LogP contribution in [0.4, 0.5) is 10.1 Å². The molecule has 1 heterocycles. The number of oxime groups is 2. The Morgan fingerprint density at radius 2 is 1.77 bits per heavy atom. The number of aromatic nitrogens is 2. The van der Waals surface area contributed by atoms with Crippen molar-refractivity contribution in [2.24, 2.45) is 17.4 Å². The molecule has 1 amide bonds. The third-order valence-corrected chi connectivity index (χ3v) is 4.55. The van der Waals surface area contributed by atoms with Gasteiger partial charge in [-0.15, -0.1) is 0 Å². The van der Waals surface area contributed by atoms with E-state index in [2.05, 4.69) is 20.7 Å². The molecule has 3 rings (SSSR count). The molecule has 0 saturated heterocycles. The van der Waals surface area contributed by atoms with Gasteiger partial charge in [-0.2, -0.15) is 9.49 Å². The third-order valence-electron chi connectivity index (χ3n) is 4.55. The predicted molar refractivity (Wildman–Crippen MR) is 117 cm³/mol. The average molecular weight is 423 g/mol. The first kappa shape index (κ1) is 21.7. The van der Waals surface area contributed by atoms with Crippen molar-refractivity contribution in [2.45, 2.75) is 6.92 Å². The summed E-state index contributed by atoms with van der Waals surface area (Å²) in [4.78, 5) is 22.3. The Morgan fingerprint density at radius 1 is 1.10 bits per heavy atom. The lowest BCUT2D eigenvalue weighted by Crippen LogP contribution is -2.15. The van der Waals surface area contributed by atoms with E-state index in [1.54, 1.807) is 31.5 Å². The summed E-state index contributed by atoms with van der Waals surface area (Å²) < 4.78 is 15.3. The van der Waals surface area contributed by atoms with Crippen LogP contribution in [-0.4, -0.2) is 42.3 Å². The number of halogens is 1. The van der Waals surface area contributed by atoms with Crippen LogP contribution in [0.1, 0.15) is 27.2 Å². The van der Waals surface area contributed by atoms with Crippen LogP contribution in [-0.2, 0) is 16.7 Å². The van der Waals surface area contributed by atoms with Crippen molar-refractivity contribution in [1.29, 1.82) is 0 Å². The maximum absolute atomic E-state index is 14.3. The third kappa shape index (κ3) is 4.77. The minimum Gasteiger partial charge on any atom is -0.399 e. The van der Waals surface area contributed by atoms with Gasteiger partial charge in [0.05, 0.1) is 18.1 Å². The lowest BCUT2D eigenvalue weighted by Gasteiger charge is -2.12. The molecule has 160 valence electrons. The lowest BCUT2D eigenvalue weighted by atomic mass is 9.98. The number of amides is 1. The number of nitrogens with one attached hydrogen (secondary N) is 1. The summed E-state index contributed by atoms with van der Waals surface area (Å²) in [7, 11) is 4.36. The van der Waals surface area contributed by atoms with Crippen LogP contribution in [0.3, 0.4) is 0 Å². The molecule has 1 N–H and O–H groups in total. The molecule has 3 aromatic rings. The summed E-state index contributed by atoms with van der Waals surface area (Å²) >= 11 is 0. The topological polar surface area (TPSA) is 90.1 Å². The first-order chi connectivity index (χ1) is 15.0. The van der Waals surface area contributed by atoms with Gasteiger partial charge in [0.1, 0.15) is 19.8 Å². The molecule has 0 fully saturated rings. The molecule has 0 aliphatic rings. The fraction of sp³-hybridized carbons (Fsp3) is 0.182. The fourth-order valence-corrected chi connectivity index (χ4v) is 3.11. The normalized spacial score (nSPS) is 11.3. The Hall–Kier alpha value is -4.01. The molecule has 0 unspecified atom stereocenters. The van der Waals surface area contributed by atoms with E-state index in [1.807, 2.05) is 30.3 Å². The van der Waals surface area contributed by atoms with Crippen LogP contribution in [0.2, 0.25) is 0 Å². The molecule has 9 heteroatoms. The Bertz CT molecular complexity index is 1150. The number of benzene rings is 2. The van der Waals surface area contributed by atoms with Gasteiger partial charge in [-0.3, -0.25) is 4.79 Å². The Labute approximate surface area is 179 Å². The molecular weight excluding hydrogens is 401 g/mol. The van der Waals surface area contributed by atoms with Crippen molar-refractivity contribution in [3.63, 3.8) is 0 Å².